The maximum atomic E-state index is 12.8. The molecule has 10 heteroatoms. The summed E-state index contributed by atoms with van der Waals surface area (Å²) in [5.74, 6) is -0.712. The topological polar surface area (TPSA) is 108 Å². The molecular weight excluding hydrogens is 432 g/mol. The van der Waals surface area contributed by atoms with Gasteiger partial charge in [-0.25, -0.2) is 18.6 Å². The van der Waals surface area contributed by atoms with Crippen LogP contribution in [0.2, 0.25) is 0 Å². The monoisotopic (exact) mass is 458 g/mol. The van der Waals surface area contributed by atoms with E-state index in [1.54, 1.807) is 48.5 Å². The molecule has 9 nitrogen and oxygen atoms in total. The molecule has 1 fully saturated rings. The zero-order valence-corrected chi connectivity index (χ0v) is 18.8. The van der Waals surface area contributed by atoms with Gasteiger partial charge in [0.05, 0.1) is 30.3 Å². The number of methoxy groups -OCH3 is 1. The van der Waals surface area contributed by atoms with E-state index in [-0.39, 0.29) is 17.3 Å². The molecule has 1 heterocycles. The van der Waals surface area contributed by atoms with Gasteiger partial charge in [-0.2, -0.15) is 9.41 Å². The van der Waals surface area contributed by atoms with Crippen LogP contribution in [0.1, 0.15) is 21.5 Å². The third kappa shape index (κ3) is 6.00. The molecule has 0 radical (unpaired) electrons. The first-order valence-corrected chi connectivity index (χ1v) is 11.5. The number of esters is 1. The summed E-state index contributed by atoms with van der Waals surface area (Å²) in [6.45, 7) is 3.58. The lowest BCUT2D eigenvalue weighted by Crippen LogP contribution is -2.50. The number of hydrogen-bond acceptors (Lipinski definition) is 7. The van der Waals surface area contributed by atoms with Crippen molar-refractivity contribution in [2.75, 3.05) is 39.8 Å². The van der Waals surface area contributed by atoms with Gasteiger partial charge in [0.25, 0.3) is 5.91 Å². The Kier molecular flexibility index (Phi) is 7.73. The molecule has 2 aromatic rings. The molecule has 0 aliphatic carbocycles. The largest absolute Gasteiger partial charge is 0.465 e. The molecule has 1 N–H and O–H groups in total. The van der Waals surface area contributed by atoms with E-state index >= 15 is 0 Å². The van der Waals surface area contributed by atoms with Crippen molar-refractivity contribution in [2.45, 2.75) is 11.8 Å². The fourth-order valence-electron chi connectivity index (χ4n) is 3.23. The first kappa shape index (κ1) is 23.6. The number of amides is 1. The maximum absolute atomic E-state index is 12.8. The molecule has 0 saturated carbocycles. The summed E-state index contributed by atoms with van der Waals surface area (Å²) in [6, 6.07) is 13.4. The van der Waals surface area contributed by atoms with Crippen molar-refractivity contribution >= 4 is 28.1 Å². The molecule has 1 aliphatic rings. The molecule has 1 saturated heterocycles. The van der Waals surface area contributed by atoms with E-state index in [4.69, 9.17) is 0 Å². The van der Waals surface area contributed by atoms with E-state index in [2.05, 4.69) is 15.3 Å². The average Bonchev–Trinajstić information content (AvgIpc) is 2.79. The number of carbonyl (C=O) groups is 2. The average molecular weight is 459 g/mol. The van der Waals surface area contributed by atoms with Crippen LogP contribution in [0.15, 0.2) is 58.5 Å². The molecule has 3 rings (SSSR count). The Labute approximate surface area is 187 Å². The van der Waals surface area contributed by atoms with Crippen LogP contribution in [0.4, 0.5) is 0 Å². The molecular formula is C22H26N4O5S. The number of hydrogen-bond donors (Lipinski definition) is 1. The van der Waals surface area contributed by atoms with Gasteiger partial charge in [-0.05, 0) is 36.8 Å². The zero-order valence-electron chi connectivity index (χ0n) is 18.0. The second-order valence-electron chi connectivity index (χ2n) is 7.40. The van der Waals surface area contributed by atoms with Gasteiger partial charge in [0.2, 0.25) is 10.0 Å². The van der Waals surface area contributed by atoms with Gasteiger partial charge in [-0.15, -0.1) is 0 Å². The first-order chi connectivity index (χ1) is 15.3. The number of rotatable bonds is 7. The lowest BCUT2D eigenvalue weighted by molar-refractivity contribution is -0.122. The highest BCUT2D eigenvalue weighted by atomic mass is 32.2. The second kappa shape index (κ2) is 10.5. The number of nitrogens with one attached hydrogen (secondary N) is 1. The maximum Gasteiger partial charge on any atom is 0.337 e. The highest BCUT2D eigenvalue weighted by molar-refractivity contribution is 7.89. The third-order valence-electron chi connectivity index (χ3n) is 5.09. The van der Waals surface area contributed by atoms with E-state index in [0.29, 0.717) is 37.3 Å². The Morgan fingerprint density at radius 1 is 1.03 bits per heavy atom. The number of hydrazone groups is 1. The van der Waals surface area contributed by atoms with Gasteiger partial charge < -0.3 is 4.74 Å². The van der Waals surface area contributed by atoms with Crippen LogP contribution in [0.5, 0.6) is 0 Å². The highest BCUT2D eigenvalue weighted by Gasteiger charge is 2.28. The number of piperazine rings is 1. The fourth-order valence-corrected chi connectivity index (χ4v) is 4.65. The molecule has 0 unspecified atom stereocenters. The van der Waals surface area contributed by atoms with Crippen molar-refractivity contribution in [2.24, 2.45) is 5.10 Å². The number of carbonyl (C=O) groups excluding carboxylic acids is 2. The number of aryl methyl sites for hydroxylation is 1. The molecule has 2 aromatic carbocycles. The third-order valence-corrected chi connectivity index (χ3v) is 7.00. The Hall–Kier alpha value is -3.08. The summed E-state index contributed by atoms with van der Waals surface area (Å²) >= 11 is 0. The highest BCUT2D eigenvalue weighted by Crippen LogP contribution is 2.18. The lowest BCUT2D eigenvalue weighted by Gasteiger charge is -2.33. The summed E-state index contributed by atoms with van der Waals surface area (Å²) in [4.78, 5) is 25.7. The summed E-state index contributed by atoms with van der Waals surface area (Å²) in [5, 5.41) is 3.93. The van der Waals surface area contributed by atoms with E-state index in [1.807, 2.05) is 11.8 Å². The smallest absolute Gasteiger partial charge is 0.337 e. The van der Waals surface area contributed by atoms with Crippen LogP contribution >= 0.6 is 0 Å². The summed E-state index contributed by atoms with van der Waals surface area (Å²) in [7, 11) is -2.22. The van der Waals surface area contributed by atoms with Crippen LogP contribution in [0, 0.1) is 6.92 Å². The second-order valence-corrected chi connectivity index (χ2v) is 9.34. The minimum Gasteiger partial charge on any atom is -0.465 e. The van der Waals surface area contributed by atoms with Crippen molar-refractivity contribution in [3.63, 3.8) is 0 Å². The van der Waals surface area contributed by atoms with E-state index in [9.17, 15) is 18.0 Å². The summed E-state index contributed by atoms with van der Waals surface area (Å²) in [5.41, 5.74) is 4.61. The van der Waals surface area contributed by atoms with Crippen molar-refractivity contribution in [1.29, 1.82) is 0 Å². The molecule has 170 valence electrons. The van der Waals surface area contributed by atoms with E-state index in [1.165, 1.54) is 17.6 Å². The molecule has 0 atom stereocenters. The van der Waals surface area contributed by atoms with Crippen molar-refractivity contribution in [3.8, 4) is 0 Å². The van der Waals surface area contributed by atoms with Gasteiger partial charge in [-0.1, -0.05) is 29.8 Å². The summed E-state index contributed by atoms with van der Waals surface area (Å²) in [6.07, 6.45) is 1.48. The Bertz CT molecular complexity index is 1070. The minimum atomic E-state index is -3.53. The van der Waals surface area contributed by atoms with Gasteiger partial charge in [0.15, 0.2) is 0 Å². The quantitative estimate of drug-likeness (QED) is 0.380. The number of benzene rings is 2. The zero-order chi connectivity index (χ0) is 23.1. The lowest BCUT2D eigenvalue weighted by atomic mass is 10.1. The van der Waals surface area contributed by atoms with Crippen molar-refractivity contribution < 1.29 is 22.7 Å². The number of ether oxygens (including phenoxy) is 1. The molecule has 1 amide bonds. The Morgan fingerprint density at radius 2 is 1.66 bits per heavy atom. The summed E-state index contributed by atoms with van der Waals surface area (Å²) < 4.78 is 31.6. The Morgan fingerprint density at radius 3 is 2.25 bits per heavy atom. The van der Waals surface area contributed by atoms with Crippen molar-refractivity contribution in [1.82, 2.24) is 14.6 Å². The molecule has 1 aliphatic heterocycles. The van der Waals surface area contributed by atoms with Gasteiger partial charge in [-0.3, -0.25) is 9.69 Å². The van der Waals surface area contributed by atoms with Crippen molar-refractivity contribution in [3.05, 3.63) is 65.2 Å². The van der Waals surface area contributed by atoms with Crippen LogP contribution in [0.3, 0.4) is 0 Å². The minimum absolute atomic E-state index is 0.122. The standard InChI is InChI=1S/C22H26N4O5S/c1-17-3-9-20(10-4-17)32(29,30)26-13-11-25(12-14-26)16-21(27)24-23-15-18-5-7-19(8-6-18)22(28)31-2/h3-10,15H,11-14,16H2,1-2H3,(H,24,27). The number of nitrogens with zero attached hydrogens (tertiary/aromatic N) is 3. The first-order valence-electron chi connectivity index (χ1n) is 10.1. The van der Waals surface area contributed by atoms with Crippen LogP contribution < -0.4 is 5.43 Å². The molecule has 32 heavy (non-hydrogen) atoms. The van der Waals surface area contributed by atoms with E-state index < -0.39 is 16.0 Å². The SMILES string of the molecule is COC(=O)c1ccc(C=NNC(=O)CN2CCN(S(=O)(=O)c3ccc(C)cc3)CC2)cc1. The van der Waals surface area contributed by atoms with Crippen LogP contribution in [0.25, 0.3) is 0 Å². The van der Waals surface area contributed by atoms with E-state index in [0.717, 1.165) is 5.56 Å². The molecule has 0 spiro atoms. The number of sulfonamides is 1. The van der Waals surface area contributed by atoms with Gasteiger partial charge in [0.1, 0.15) is 0 Å². The predicted octanol–water partition coefficient (Wildman–Crippen LogP) is 1.24. The predicted molar refractivity (Wildman–Crippen MR) is 120 cm³/mol. The molecule has 0 aromatic heterocycles. The van der Waals surface area contributed by atoms with Crippen LogP contribution in [-0.2, 0) is 19.6 Å². The fraction of sp³-hybridized carbons (Fsp3) is 0.318. The normalized spacial score (nSPS) is 15.6. The Balaban J connectivity index is 1.45. The van der Waals surface area contributed by atoms with Gasteiger partial charge in [0, 0.05) is 26.2 Å². The van der Waals surface area contributed by atoms with Crippen LogP contribution in [-0.4, -0.2) is 75.5 Å². The van der Waals surface area contributed by atoms with Gasteiger partial charge >= 0.3 is 5.97 Å². The molecule has 0 bridgehead atoms.